The summed E-state index contributed by atoms with van der Waals surface area (Å²) in [5, 5.41) is 2.63. The number of carbonyl (C=O) groups is 1. The molecule has 0 spiro atoms. The highest BCUT2D eigenvalue weighted by Crippen LogP contribution is 2.36. The summed E-state index contributed by atoms with van der Waals surface area (Å²) < 4.78 is 116. The predicted molar refractivity (Wildman–Crippen MR) is 128 cm³/mol. The molecule has 1 N–H and O–H groups in total. The molecular formula is C21H22F6N4O7S2. The number of carbonyl (C=O) groups excluding carboxylic acids is 2. The second kappa shape index (κ2) is 14.7. The third kappa shape index (κ3) is 11.7. The maximum absolute atomic E-state index is 11.8. The lowest BCUT2D eigenvalue weighted by atomic mass is 10.1. The minimum atomic E-state index is -6.72. The number of ether oxygens (including phenoxy) is 1. The van der Waals surface area contributed by atoms with Crippen molar-refractivity contribution in [1.82, 2.24) is 0 Å². The van der Waals surface area contributed by atoms with E-state index in [0.29, 0.717) is 17.9 Å². The monoisotopic (exact) mass is 620 g/mol. The van der Waals surface area contributed by atoms with E-state index in [9.17, 15) is 52.8 Å². The first-order chi connectivity index (χ1) is 18.4. The number of hydrogen-bond acceptors (Lipinski definition) is 8. The van der Waals surface area contributed by atoms with Crippen LogP contribution in [0.15, 0.2) is 53.8 Å². The molecule has 1 aromatic carbocycles. The first-order valence-corrected chi connectivity index (χ1v) is 13.8. The highest BCUT2D eigenvalue weighted by Gasteiger charge is 2.46. The van der Waals surface area contributed by atoms with Crippen molar-refractivity contribution in [2.45, 2.75) is 43.7 Å². The van der Waals surface area contributed by atoms with E-state index in [0.717, 1.165) is 10.5 Å². The molecule has 0 saturated heterocycles. The van der Waals surface area contributed by atoms with Crippen molar-refractivity contribution in [2.24, 2.45) is 4.99 Å². The maximum atomic E-state index is 11.8. The van der Waals surface area contributed by atoms with Gasteiger partial charge in [-0.15, -0.1) is 0 Å². The number of aromatic nitrogens is 1. The molecule has 0 bridgehead atoms. The van der Waals surface area contributed by atoms with E-state index in [4.69, 9.17) is 4.74 Å². The molecule has 222 valence electrons. The van der Waals surface area contributed by atoms with E-state index >= 15 is 0 Å². The zero-order chi connectivity index (χ0) is 30.6. The molecule has 0 atom stereocenters. The van der Waals surface area contributed by atoms with Crippen LogP contribution in [-0.4, -0.2) is 46.6 Å². The summed E-state index contributed by atoms with van der Waals surface area (Å²) in [6.45, 7) is 3.05. The molecular weight excluding hydrogens is 598 g/mol. The van der Waals surface area contributed by atoms with Gasteiger partial charge in [0.25, 0.3) is 0 Å². The van der Waals surface area contributed by atoms with Crippen molar-refractivity contribution >= 4 is 43.6 Å². The van der Waals surface area contributed by atoms with Crippen molar-refractivity contribution in [2.75, 3.05) is 11.9 Å². The Balaban J connectivity index is 0.000000459. The van der Waals surface area contributed by atoms with Gasteiger partial charge in [-0.05, 0) is 43.2 Å². The predicted octanol–water partition coefficient (Wildman–Crippen LogP) is 4.59. The minimum absolute atomic E-state index is 0.279. The summed E-state index contributed by atoms with van der Waals surface area (Å²) in [7, 11) is -13.4. The number of benzene rings is 1. The number of aryl methyl sites for hydroxylation is 1. The standard InChI is InChI=1S/C19H21N3O3.C2F6NO4S2/c1-2-3-5-16-6-4-11-22(14-16)12-13-25-19(24)21-18-9-7-17(8-10-18)20-15-23;3-1(4,5)14(10,11)9-15(12,13)2(6,7)8/h4,6-11,14H,2-3,5,12-13H2,1H3;/q;-1/p+1. The van der Waals surface area contributed by atoms with Gasteiger partial charge in [0.2, 0.25) is 6.08 Å². The van der Waals surface area contributed by atoms with Crippen LogP contribution in [0.4, 0.5) is 42.5 Å². The number of hydrogen-bond donors (Lipinski definition) is 1. The zero-order valence-corrected chi connectivity index (χ0v) is 22.1. The van der Waals surface area contributed by atoms with Crippen molar-refractivity contribution in [1.29, 1.82) is 0 Å². The Morgan fingerprint density at radius 1 is 1.02 bits per heavy atom. The van der Waals surface area contributed by atoms with Crippen LogP contribution in [-0.2, 0) is 42.5 Å². The Morgan fingerprint density at radius 2 is 1.60 bits per heavy atom. The van der Waals surface area contributed by atoms with Crippen molar-refractivity contribution in [3.05, 3.63) is 58.5 Å². The highest BCUT2D eigenvalue weighted by atomic mass is 32.3. The molecule has 1 amide bonds. The van der Waals surface area contributed by atoms with E-state index in [2.05, 4.69) is 29.5 Å². The van der Waals surface area contributed by atoms with E-state index in [1.54, 1.807) is 24.3 Å². The molecule has 40 heavy (non-hydrogen) atoms. The van der Waals surface area contributed by atoms with Crippen LogP contribution in [0.1, 0.15) is 25.3 Å². The summed E-state index contributed by atoms with van der Waals surface area (Å²) in [4.78, 5) is 25.4. The molecule has 0 aliphatic heterocycles. The number of rotatable bonds is 10. The SMILES string of the molecule is CCCCc1ccc[n+](CCOC(=O)Nc2ccc(N=C=O)cc2)c1.O=S(=O)([N-]S(=O)(=O)C(F)(F)F)C(F)(F)F. The van der Waals surface area contributed by atoms with Gasteiger partial charge >= 0.3 is 17.1 Å². The lowest BCUT2D eigenvalue weighted by Gasteiger charge is -2.22. The molecule has 1 heterocycles. The smallest absolute Gasteiger partial charge is 0.443 e. The fourth-order valence-electron chi connectivity index (χ4n) is 2.53. The normalized spacial score (nSPS) is 12.0. The van der Waals surface area contributed by atoms with Crippen molar-refractivity contribution < 1.29 is 62.1 Å². The zero-order valence-electron chi connectivity index (χ0n) is 20.4. The van der Waals surface area contributed by atoms with Crippen molar-refractivity contribution in [3.8, 4) is 0 Å². The van der Waals surface area contributed by atoms with Crippen LogP contribution in [0.5, 0.6) is 0 Å². The number of anilines is 1. The Morgan fingerprint density at radius 3 is 2.10 bits per heavy atom. The number of alkyl halides is 6. The molecule has 0 radical (unpaired) electrons. The summed E-state index contributed by atoms with van der Waals surface area (Å²) in [6.07, 6.45) is 8.38. The molecule has 0 aliphatic rings. The molecule has 0 aliphatic carbocycles. The second-order valence-electron chi connectivity index (χ2n) is 7.48. The van der Waals surface area contributed by atoms with Gasteiger partial charge in [0.15, 0.2) is 45.6 Å². The van der Waals surface area contributed by atoms with E-state index in [-0.39, 0.29) is 6.61 Å². The molecule has 0 saturated carbocycles. The molecule has 0 unspecified atom stereocenters. The highest BCUT2D eigenvalue weighted by molar-refractivity contribution is 8.13. The summed E-state index contributed by atoms with van der Waals surface area (Å²) in [5.74, 6) is 0. The van der Waals surface area contributed by atoms with Crippen LogP contribution in [0.25, 0.3) is 4.13 Å². The summed E-state index contributed by atoms with van der Waals surface area (Å²) in [6, 6.07) is 10.6. The van der Waals surface area contributed by atoms with Gasteiger partial charge in [0.05, 0.1) is 5.69 Å². The van der Waals surface area contributed by atoms with Gasteiger partial charge in [-0.2, -0.15) is 31.3 Å². The maximum Gasteiger partial charge on any atom is 0.480 e. The van der Waals surface area contributed by atoms with Crippen LogP contribution in [0, 0.1) is 0 Å². The topological polar surface area (TPSA) is 154 Å². The largest absolute Gasteiger partial charge is 0.480 e. The lowest BCUT2D eigenvalue weighted by molar-refractivity contribution is -0.698. The van der Waals surface area contributed by atoms with Gasteiger partial charge in [-0.3, -0.25) is 5.32 Å². The third-order valence-electron chi connectivity index (χ3n) is 4.39. The quantitative estimate of drug-likeness (QED) is 0.176. The second-order valence-corrected chi connectivity index (χ2v) is 10.9. The number of isocyanates is 1. The lowest BCUT2D eigenvalue weighted by Crippen LogP contribution is -2.36. The van der Waals surface area contributed by atoms with Crippen LogP contribution in [0.2, 0.25) is 0 Å². The average molecular weight is 621 g/mol. The van der Waals surface area contributed by atoms with Crippen LogP contribution >= 0.6 is 0 Å². The number of aliphatic imine (C=N–C) groups is 1. The Kier molecular flexibility index (Phi) is 12.7. The van der Waals surface area contributed by atoms with E-state index in [1.807, 2.05) is 16.8 Å². The van der Waals surface area contributed by atoms with Gasteiger partial charge in [0.1, 0.15) is 0 Å². The molecule has 19 heteroatoms. The van der Waals surface area contributed by atoms with Gasteiger partial charge in [0, 0.05) is 17.3 Å². The molecule has 0 fully saturated rings. The number of sulfonamides is 2. The number of unbranched alkanes of at least 4 members (excludes halogenated alkanes) is 1. The van der Waals surface area contributed by atoms with E-state index < -0.39 is 37.2 Å². The number of nitrogens with zero attached hydrogens (tertiary/aromatic N) is 3. The number of pyridine rings is 1. The van der Waals surface area contributed by atoms with E-state index in [1.165, 1.54) is 24.5 Å². The molecule has 1 aromatic heterocycles. The van der Waals surface area contributed by atoms with Crippen LogP contribution in [0.3, 0.4) is 0 Å². The molecule has 2 aromatic rings. The first kappa shape index (κ1) is 34.5. The number of amides is 1. The van der Waals surface area contributed by atoms with Gasteiger partial charge < -0.3 is 8.86 Å². The Labute approximate surface area is 225 Å². The average Bonchev–Trinajstić information content (AvgIpc) is 2.83. The Bertz CT molecular complexity index is 1350. The van der Waals surface area contributed by atoms with Gasteiger partial charge in [-0.1, -0.05) is 13.3 Å². The summed E-state index contributed by atoms with van der Waals surface area (Å²) >= 11 is 0. The van der Waals surface area contributed by atoms with Crippen LogP contribution < -0.4 is 9.88 Å². The fraction of sp³-hybridized carbons (Fsp3) is 0.381. The summed E-state index contributed by atoms with van der Waals surface area (Å²) in [5.41, 5.74) is -10.1. The number of halogens is 6. The first-order valence-electron chi connectivity index (χ1n) is 10.9. The van der Waals surface area contributed by atoms with Crippen molar-refractivity contribution in [3.63, 3.8) is 0 Å². The third-order valence-corrected chi connectivity index (χ3v) is 7.13. The molecule has 11 nitrogen and oxygen atoms in total. The Hall–Kier alpha value is -3.54. The minimum Gasteiger partial charge on any atom is -0.443 e. The molecule has 2 rings (SSSR count). The van der Waals surface area contributed by atoms with Gasteiger partial charge in [-0.25, -0.2) is 31.0 Å². The fourth-order valence-corrected chi connectivity index (χ4v) is 4.24. The number of nitrogens with one attached hydrogen (secondary N) is 1.